The van der Waals surface area contributed by atoms with Crippen molar-refractivity contribution in [1.29, 1.82) is 0 Å². The van der Waals surface area contributed by atoms with E-state index in [1.807, 2.05) is 6.20 Å². The average Bonchev–Trinajstić information content (AvgIpc) is 2.90. The third-order valence-corrected chi connectivity index (χ3v) is 2.83. The third-order valence-electron chi connectivity index (χ3n) is 2.83. The first-order valence-corrected chi connectivity index (χ1v) is 5.35. The van der Waals surface area contributed by atoms with Gasteiger partial charge in [0.1, 0.15) is 11.7 Å². The topological polar surface area (TPSA) is 40.2 Å². The van der Waals surface area contributed by atoms with Gasteiger partial charge >= 0.3 is 0 Å². The van der Waals surface area contributed by atoms with Gasteiger partial charge in [0.25, 0.3) is 0 Å². The van der Waals surface area contributed by atoms with Crippen molar-refractivity contribution >= 4 is 16.7 Å². The fourth-order valence-corrected chi connectivity index (χ4v) is 2.04. The van der Waals surface area contributed by atoms with Crippen molar-refractivity contribution in [2.24, 2.45) is 4.99 Å². The Balaban J connectivity index is 1.99. The van der Waals surface area contributed by atoms with Crippen LogP contribution < -0.4 is 5.32 Å². The maximum absolute atomic E-state index is 13.1. The lowest BCUT2D eigenvalue weighted by Gasteiger charge is -2.00. The highest BCUT2D eigenvalue weighted by Crippen LogP contribution is 2.20. The summed E-state index contributed by atoms with van der Waals surface area (Å²) < 4.78 is 13.1. The van der Waals surface area contributed by atoms with Gasteiger partial charge < -0.3 is 10.3 Å². The minimum atomic E-state index is -0.199. The number of nitrogens with one attached hydrogen (secondary N) is 2. The number of H-pyrrole nitrogens is 1. The number of hydrogen-bond donors (Lipinski definition) is 2. The van der Waals surface area contributed by atoms with Crippen LogP contribution in [0, 0.1) is 5.82 Å². The Labute approximate surface area is 92.4 Å². The van der Waals surface area contributed by atoms with Crippen LogP contribution in [0.1, 0.15) is 5.56 Å². The van der Waals surface area contributed by atoms with Gasteiger partial charge in [-0.05, 0) is 23.8 Å². The fraction of sp³-hybridized carbons (Fsp3) is 0.250. The van der Waals surface area contributed by atoms with Crippen LogP contribution in [0.25, 0.3) is 10.9 Å². The zero-order valence-corrected chi connectivity index (χ0v) is 8.76. The number of benzene rings is 1. The first kappa shape index (κ1) is 9.39. The molecule has 3 rings (SSSR count). The zero-order valence-electron chi connectivity index (χ0n) is 8.76. The maximum atomic E-state index is 13.1. The van der Waals surface area contributed by atoms with Crippen LogP contribution in [0.4, 0.5) is 4.39 Å². The molecule has 0 unspecified atom stereocenters. The molecule has 0 saturated heterocycles. The molecule has 82 valence electrons. The Kier molecular flexibility index (Phi) is 2.13. The summed E-state index contributed by atoms with van der Waals surface area (Å²) in [6.07, 6.45) is 2.66. The molecule has 1 aromatic heterocycles. The summed E-state index contributed by atoms with van der Waals surface area (Å²) in [6.45, 7) is 1.75. The monoisotopic (exact) mass is 217 g/mol. The highest BCUT2D eigenvalue weighted by molar-refractivity contribution is 5.91. The van der Waals surface area contributed by atoms with Crippen LogP contribution >= 0.6 is 0 Å². The normalized spacial score (nSPS) is 15.2. The number of fused-ring (bicyclic) bond motifs is 1. The zero-order chi connectivity index (χ0) is 11.0. The standard InChI is InChI=1S/C12H12FN3/c13-9-1-2-11-10(6-9)8(7-16-11)5-12-14-3-4-15-12/h1-2,6-7,16H,3-5H2,(H,14,15). The second-order valence-corrected chi connectivity index (χ2v) is 3.94. The number of aliphatic imine (C=N–C) groups is 1. The van der Waals surface area contributed by atoms with Crippen molar-refractivity contribution in [2.75, 3.05) is 13.1 Å². The van der Waals surface area contributed by atoms with Crippen LogP contribution in [-0.4, -0.2) is 23.9 Å². The smallest absolute Gasteiger partial charge is 0.123 e. The molecule has 2 N–H and O–H groups in total. The average molecular weight is 217 g/mol. The molecule has 0 bridgehead atoms. The van der Waals surface area contributed by atoms with E-state index in [9.17, 15) is 4.39 Å². The fourth-order valence-electron chi connectivity index (χ4n) is 2.04. The van der Waals surface area contributed by atoms with Gasteiger partial charge in [0, 0.05) is 30.1 Å². The highest BCUT2D eigenvalue weighted by Gasteiger charge is 2.10. The van der Waals surface area contributed by atoms with E-state index in [-0.39, 0.29) is 5.82 Å². The SMILES string of the molecule is Fc1ccc2[nH]cc(CC3=NCCN3)c2c1. The predicted molar refractivity (Wildman–Crippen MR) is 62.3 cm³/mol. The molecule has 0 fully saturated rings. The van der Waals surface area contributed by atoms with Crippen LogP contribution in [0.3, 0.4) is 0 Å². The molecule has 1 aliphatic heterocycles. The summed E-state index contributed by atoms with van der Waals surface area (Å²) in [5.74, 6) is 0.792. The van der Waals surface area contributed by atoms with E-state index in [1.54, 1.807) is 12.1 Å². The lowest BCUT2D eigenvalue weighted by molar-refractivity contribution is 0.629. The summed E-state index contributed by atoms with van der Waals surface area (Å²) in [4.78, 5) is 7.48. The minimum Gasteiger partial charge on any atom is -0.372 e. The summed E-state index contributed by atoms with van der Waals surface area (Å²) in [5.41, 5.74) is 2.05. The molecule has 16 heavy (non-hydrogen) atoms. The van der Waals surface area contributed by atoms with Crippen molar-refractivity contribution in [3.63, 3.8) is 0 Å². The van der Waals surface area contributed by atoms with E-state index in [0.29, 0.717) is 0 Å². The van der Waals surface area contributed by atoms with Crippen LogP contribution in [0.2, 0.25) is 0 Å². The van der Waals surface area contributed by atoms with Gasteiger partial charge in [0.05, 0.1) is 6.54 Å². The number of hydrogen-bond acceptors (Lipinski definition) is 2. The van der Waals surface area contributed by atoms with Crippen LogP contribution in [0.5, 0.6) is 0 Å². The van der Waals surface area contributed by atoms with E-state index in [0.717, 1.165) is 41.8 Å². The van der Waals surface area contributed by atoms with E-state index >= 15 is 0 Å². The van der Waals surface area contributed by atoms with Gasteiger partial charge in [-0.15, -0.1) is 0 Å². The molecule has 2 aromatic rings. The van der Waals surface area contributed by atoms with Crippen molar-refractivity contribution in [3.05, 3.63) is 35.8 Å². The molecule has 0 spiro atoms. The van der Waals surface area contributed by atoms with Gasteiger partial charge in [-0.25, -0.2) is 4.39 Å². The van der Waals surface area contributed by atoms with E-state index in [2.05, 4.69) is 15.3 Å². The largest absolute Gasteiger partial charge is 0.372 e. The molecule has 4 heteroatoms. The summed E-state index contributed by atoms with van der Waals surface area (Å²) >= 11 is 0. The summed E-state index contributed by atoms with van der Waals surface area (Å²) in [7, 11) is 0. The molecule has 3 nitrogen and oxygen atoms in total. The Bertz CT molecular complexity index is 556. The van der Waals surface area contributed by atoms with Gasteiger partial charge in [0.2, 0.25) is 0 Å². The number of halogens is 1. The molecule has 0 atom stereocenters. The lowest BCUT2D eigenvalue weighted by atomic mass is 10.1. The predicted octanol–water partition coefficient (Wildman–Crippen LogP) is 1.85. The Morgan fingerprint density at radius 3 is 3.12 bits per heavy atom. The lowest BCUT2D eigenvalue weighted by Crippen LogP contribution is -2.20. The van der Waals surface area contributed by atoms with Crippen LogP contribution in [-0.2, 0) is 6.42 Å². The molecular formula is C12H12FN3. The molecule has 1 aliphatic rings. The number of nitrogens with zero attached hydrogens (tertiary/aromatic N) is 1. The summed E-state index contributed by atoms with van der Waals surface area (Å²) in [5, 5.41) is 4.16. The van der Waals surface area contributed by atoms with Gasteiger partial charge in [-0.3, -0.25) is 4.99 Å². The second-order valence-electron chi connectivity index (χ2n) is 3.94. The number of amidine groups is 1. The van der Waals surface area contributed by atoms with E-state index < -0.39 is 0 Å². The number of rotatable bonds is 2. The molecule has 0 aliphatic carbocycles. The Hall–Kier alpha value is -1.84. The molecule has 0 saturated carbocycles. The van der Waals surface area contributed by atoms with Crippen molar-refractivity contribution < 1.29 is 4.39 Å². The second kappa shape index (κ2) is 3.63. The van der Waals surface area contributed by atoms with E-state index in [1.165, 1.54) is 6.07 Å². The van der Waals surface area contributed by atoms with Crippen molar-refractivity contribution in [2.45, 2.75) is 6.42 Å². The summed E-state index contributed by atoms with van der Waals surface area (Å²) in [6, 6.07) is 4.79. The van der Waals surface area contributed by atoms with Crippen molar-refractivity contribution in [3.8, 4) is 0 Å². The highest BCUT2D eigenvalue weighted by atomic mass is 19.1. The molecule has 2 heterocycles. The van der Waals surface area contributed by atoms with Gasteiger partial charge in [0.15, 0.2) is 0 Å². The molecule has 0 radical (unpaired) electrons. The quantitative estimate of drug-likeness (QED) is 0.791. The van der Waals surface area contributed by atoms with Crippen LogP contribution in [0.15, 0.2) is 29.4 Å². The first-order chi connectivity index (χ1) is 7.83. The number of aromatic amines is 1. The molecule has 1 aromatic carbocycles. The third kappa shape index (κ3) is 1.56. The van der Waals surface area contributed by atoms with Gasteiger partial charge in [-0.1, -0.05) is 0 Å². The maximum Gasteiger partial charge on any atom is 0.123 e. The molecule has 0 amide bonds. The minimum absolute atomic E-state index is 0.199. The molecular weight excluding hydrogens is 205 g/mol. The Morgan fingerprint density at radius 2 is 2.31 bits per heavy atom. The van der Waals surface area contributed by atoms with Crippen molar-refractivity contribution in [1.82, 2.24) is 10.3 Å². The van der Waals surface area contributed by atoms with Gasteiger partial charge in [-0.2, -0.15) is 0 Å². The Morgan fingerprint density at radius 1 is 1.38 bits per heavy atom. The van der Waals surface area contributed by atoms with E-state index in [4.69, 9.17) is 0 Å². The number of aromatic nitrogens is 1. The first-order valence-electron chi connectivity index (χ1n) is 5.35.